The molecule has 0 fully saturated rings. The van der Waals surface area contributed by atoms with Crippen molar-refractivity contribution in [3.8, 4) is 5.75 Å². The Bertz CT molecular complexity index is 481. The summed E-state index contributed by atoms with van der Waals surface area (Å²) in [6.07, 6.45) is 1.67. The number of nitrogens with two attached hydrogens (primary N) is 1. The van der Waals surface area contributed by atoms with E-state index >= 15 is 0 Å². The quantitative estimate of drug-likeness (QED) is 0.774. The number of aromatic nitrogens is 3. The minimum Gasteiger partial charge on any atom is -0.486 e. The fraction of sp³-hybridized carbons (Fsp3) is 0.333. The Balaban J connectivity index is 1.93. The minimum atomic E-state index is 0.369. The van der Waals surface area contributed by atoms with Crippen molar-refractivity contribution in [1.82, 2.24) is 14.8 Å². The number of nitrogen functional groups attached to an aromatic ring is 1. The molecule has 0 amide bonds. The second kappa shape index (κ2) is 6.02. The number of anilines is 1. The Morgan fingerprint density at radius 3 is 2.78 bits per heavy atom. The molecule has 0 aliphatic heterocycles. The van der Waals surface area contributed by atoms with E-state index in [1.54, 1.807) is 25.6 Å². The second-order valence-corrected chi connectivity index (χ2v) is 3.79. The fourth-order valence-electron chi connectivity index (χ4n) is 1.48. The zero-order valence-electron chi connectivity index (χ0n) is 10.2. The van der Waals surface area contributed by atoms with E-state index in [0.717, 1.165) is 11.6 Å². The lowest BCUT2D eigenvalue weighted by Gasteiger charge is -2.08. The SMILES string of the molecule is COCCn1cnnc1COc1ccc(N)cc1. The molecule has 1 aromatic heterocycles. The molecule has 1 heterocycles. The highest BCUT2D eigenvalue weighted by Gasteiger charge is 2.04. The number of rotatable bonds is 6. The first-order chi connectivity index (χ1) is 8.79. The molecule has 6 heteroatoms. The van der Waals surface area contributed by atoms with Crippen LogP contribution in [-0.2, 0) is 17.9 Å². The van der Waals surface area contributed by atoms with Gasteiger partial charge < -0.3 is 19.8 Å². The summed E-state index contributed by atoms with van der Waals surface area (Å²) in [6.45, 7) is 1.70. The predicted molar refractivity (Wildman–Crippen MR) is 67.1 cm³/mol. The highest BCUT2D eigenvalue weighted by atomic mass is 16.5. The van der Waals surface area contributed by atoms with Gasteiger partial charge in [0.25, 0.3) is 0 Å². The first-order valence-electron chi connectivity index (χ1n) is 5.63. The molecule has 0 aliphatic rings. The van der Waals surface area contributed by atoms with Crippen molar-refractivity contribution >= 4 is 5.69 Å². The van der Waals surface area contributed by atoms with Crippen LogP contribution in [0.1, 0.15) is 5.82 Å². The smallest absolute Gasteiger partial charge is 0.170 e. The summed E-state index contributed by atoms with van der Waals surface area (Å²) < 4.78 is 12.5. The van der Waals surface area contributed by atoms with Crippen LogP contribution >= 0.6 is 0 Å². The molecule has 6 nitrogen and oxygen atoms in total. The Morgan fingerprint density at radius 1 is 1.28 bits per heavy atom. The average Bonchev–Trinajstić information content (AvgIpc) is 2.83. The Kier molecular flexibility index (Phi) is 4.14. The van der Waals surface area contributed by atoms with Gasteiger partial charge in [-0.05, 0) is 24.3 Å². The van der Waals surface area contributed by atoms with Crippen molar-refractivity contribution in [3.63, 3.8) is 0 Å². The number of benzene rings is 1. The molecule has 0 bridgehead atoms. The summed E-state index contributed by atoms with van der Waals surface area (Å²) in [7, 11) is 1.66. The number of methoxy groups -OCH3 is 1. The van der Waals surface area contributed by atoms with E-state index in [0.29, 0.717) is 25.4 Å². The maximum absolute atomic E-state index is 5.61. The number of hydrogen-bond donors (Lipinski definition) is 1. The number of ether oxygens (including phenoxy) is 2. The highest BCUT2D eigenvalue weighted by molar-refractivity contribution is 5.41. The van der Waals surface area contributed by atoms with Crippen LogP contribution in [-0.4, -0.2) is 28.5 Å². The van der Waals surface area contributed by atoms with E-state index in [9.17, 15) is 0 Å². The molecular weight excluding hydrogens is 232 g/mol. The molecule has 1 aromatic carbocycles. The lowest BCUT2D eigenvalue weighted by molar-refractivity contribution is 0.183. The topological polar surface area (TPSA) is 75.2 Å². The summed E-state index contributed by atoms with van der Waals surface area (Å²) in [5.74, 6) is 1.52. The Morgan fingerprint density at radius 2 is 2.06 bits per heavy atom. The molecule has 18 heavy (non-hydrogen) atoms. The summed E-state index contributed by atoms with van der Waals surface area (Å²) in [4.78, 5) is 0. The number of hydrogen-bond acceptors (Lipinski definition) is 5. The van der Waals surface area contributed by atoms with Gasteiger partial charge in [0.1, 0.15) is 18.7 Å². The second-order valence-electron chi connectivity index (χ2n) is 3.79. The lowest BCUT2D eigenvalue weighted by Crippen LogP contribution is -2.10. The summed E-state index contributed by atoms with van der Waals surface area (Å²) in [5, 5.41) is 7.87. The normalized spacial score (nSPS) is 10.5. The van der Waals surface area contributed by atoms with Gasteiger partial charge >= 0.3 is 0 Å². The van der Waals surface area contributed by atoms with Crippen LogP contribution in [0.3, 0.4) is 0 Å². The minimum absolute atomic E-state index is 0.369. The van der Waals surface area contributed by atoms with Gasteiger partial charge in [0.2, 0.25) is 0 Å². The van der Waals surface area contributed by atoms with E-state index < -0.39 is 0 Å². The van der Waals surface area contributed by atoms with E-state index in [-0.39, 0.29) is 0 Å². The van der Waals surface area contributed by atoms with Crippen LogP contribution in [0.15, 0.2) is 30.6 Å². The molecule has 2 aromatic rings. The fourth-order valence-corrected chi connectivity index (χ4v) is 1.48. The lowest BCUT2D eigenvalue weighted by atomic mass is 10.3. The molecule has 0 saturated heterocycles. The monoisotopic (exact) mass is 248 g/mol. The average molecular weight is 248 g/mol. The molecule has 0 saturated carbocycles. The van der Waals surface area contributed by atoms with Crippen LogP contribution < -0.4 is 10.5 Å². The van der Waals surface area contributed by atoms with Crippen molar-refractivity contribution in [3.05, 3.63) is 36.4 Å². The van der Waals surface area contributed by atoms with Crippen molar-refractivity contribution in [2.75, 3.05) is 19.5 Å². The van der Waals surface area contributed by atoms with Crippen molar-refractivity contribution in [2.24, 2.45) is 0 Å². The third-order valence-corrected chi connectivity index (χ3v) is 2.48. The van der Waals surface area contributed by atoms with Gasteiger partial charge in [-0.2, -0.15) is 0 Å². The van der Waals surface area contributed by atoms with E-state index in [1.807, 2.05) is 16.7 Å². The molecule has 0 spiro atoms. The predicted octanol–water partition coefficient (Wildman–Crippen LogP) is 1.09. The van der Waals surface area contributed by atoms with E-state index in [4.69, 9.17) is 15.2 Å². The van der Waals surface area contributed by atoms with Crippen molar-refractivity contribution in [2.45, 2.75) is 13.2 Å². The number of nitrogens with zero attached hydrogens (tertiary/aromatic N) is 3. The zero-order chi connectivity index (χ0) is 12.8. The third-order valence-electron chi connectivity index (χ3n) is 2.48. The molecule has 96 valence electrons. The largest absolute Gasteiger partial charge is 0.486 e. The maximum Gasteiger partial charge on any atom is 0.170 e. The molecule has 0 unspecified atom stereocenters. The van der Waals surface area contributed by atoms with Crippen LogP contribution in [0.2, 0.25) is 0 Å². The Hall–Kier alpha value is -2.08. The molecule has 2 rings (SSSR count). The molecule has 0 radical (unpaired) electrons. The van der Waals surface area contributed by atoms with E-state index in [2.05, 4.69) is 10.2 Å². The summed E-state index contributed by atoms with van der Waals surface area (Å²) in [5.41, 5.74) is 6.31. The van der Waals surface area contributed by atoms with Gasteiger partial charge in [-0.15, -0.1) is 10.2 Å². The molecule has 2 N–H and O–H groups in total. The van der Waals surface area contributed by atoms with Gasteiger partial charge in [-0.3, -0.25) is 0 Å². The summed E-state index contributed by atoms with van der Waals surface area (Å²) >= 11 is 0. The van der Waals surface area contributed by atoms with Crippen LogP contribution in [0.5, 0.6) is 5.75 Å². The van der Waals surface area contributed by atoms with Gasteiger partial charge in [0.05, 0.1) is 6.61 Å². The zero-order valence-corrected chi connectivity index (χ0v) is 10.2. The maximum atomic E-state index is 5.61. The standard InChI is InChI=1S/C12H16N4O2/c1-17-7-6-16-9-14-15-12(16)8-18-11-4-2-10(13)3-5-11/h2-5,9H,6-8,13H2,1H3. The first kappa shape index (κ1) is 12.4. The van der Waals surface area contributed by atoms with E-state index in [1.165, 1.54) is 0 Å². The van der Waals surface area contributed by atoms with Crippen molar-refractivity contribution in [1.29, 1.82) is 0 Å². The highest BCUT2D eigenvalue weighted by Crippen LogP contribution is 2.14. The molecule has 0 atom stereocenters. The van der Waals surface area contributed by atoms with Crippen LogP contribution in [0.25, 0.3) is 0 Å². The molecule has 0 aliphatic carbocycles. The van der Waals surface area contributed by atoms with Crippen molar-refractivity contribution < 1.29 is 9.47 Å². The van der Waals surface area contributed by atoms with Gasteiger partial charge in [-0.25, -0.2) is 0 Å². The van der Waals surface area contributed by atoms with Gasteiger partial charge in [-0.1, -0.05) is 0 Å². The Labute approximate surface area is 105 Å². The van der Waals surface area contributed by atoms with Crippen LogP contribution in [0, 0.1) is 0 Å². The third kappa shape index (κ3) is 3.21. The van der Waals surface area contributed by atoms with Gasteiger partial charge in [0.15, 0.2) is 5.82 Å². The summed E-state index contributed by atoms with van der Waals surface area (Å²) in [6, 6.07) is 7.24. The first-order valence-corrected chi connectivity index (χ1v) is 5.63. The van der Waals surface area contributed by atoms with Gasteiger partial charge in [0, 0.05) is 19.3 Å². The molecular formula is C12H16N4O2. The van der Waals surface area contributed by atoms with Crippen LogP contribution in [0.4, 0.5) is 5.69 Å².